The Kier molecular flexibility index (Phi) is 6.54. The number of anilines is 1. The van der Waals surface area contributed by atoms with E-state index >= 15 is 0 Å². The van der Waals surface area contributed by atoms with E-state index in [9.17, 15) is 4.79 Å². The Morgan fingerprint density at radius 3 is 2.82 bits per heavy atom. The lowest BCUT2D eigenvalue weighted by atomic mass is 10.2. The van der Waals surface area contributed by atoms with Crippen LogP contribution >= 0.6 is 35.0 Å². The quantitative estimate of drug-likeness (QED) is 0.603. The number of hydrogen-bond donors (Lipinski definition) is 1. The molecule has 0 fully saturated rings. The summed E-state index contributed by atoms with van der Waals surface area (Å²) in [6.45, 7) is 2.63. The second-order valence-corrected chi connectivity index (χ2v) is 6.15. The van der Waals surface area contributed by atoms with E-state index < -0.39 is 0 Å². The van der Waals surface area contributed by atoms with Crippen molar-refractivity contribution in [3.8, 4) is 0 Å². The lowest BCUT2D eigenvalue weighted by Crippen LogP contribution is -2.16. The second kappa shape index (κ2) is 8.41. The lowest BCUT2D eigenvalue weighted by molar-refractivity contribution is -0.115. The number of nitrogens with one attached hydrogen (secondary N) is 1. The van der Waals surface area contributed by atoms with Gasteiger partial charge in [0.1, 0.15) is 0 Å². The summed E-state index contributed by atoms with van der Waals surface area (Å²) in [4.78, 5) is 11.6. The van der Waals surface area contributed by atoms with E-state index in [2.05, 4.69) is 15.5 Å². The normalized spacial score (nSPS) is 10.7. The molecule has 2 aromatic rings. The Labute approximate surface area is 143 Å². The smallest absolute Gasteiger partial charge is 0.231 e. The number of hydrogen-bond acceptors (Lipinski definition) is 4. The van der Waals surface area contributed by atoms with Crippen LogP contribution in [0.25, 0.3) is 0 Å². The van der Waals surface area contributed by atoms with Crippen molar-refractivity contribution in [3.63, 3.8) is 0 Å². The first-order valence-electron chi connectivity index (χ1n) is 6.81. The Balaban J connectivity index is 2.07. The molecule has 0 aliphatic rings. The summed E-state index contributed by atoms with van der Waals surface area (Å²) in [5.41, 5.74) is 1.03. The molecule has 2 rings (SSSR count). The maximum Gasteiger partial charge on any atom is 0.231 e. The molecule has 0 atom stereocenters. The van der Waals surface area contributed by atoms with Gasteiger partial charge < -0.3 is 0 Å². The van der Waals surface area contributed by atoms with Gasteiger partial charge in [0, 0.05) is 29.6 Å². The third-order valence-electron chi connectivity index (χ3n) is 2.92. The molecule has 0 bridgehead atoms. The summed E-state index contributed by atoms with van der Waals surface area (Å²) in [6.07, 6.45) is 0.250. The van der Waals surface area contributed by atoms with Gasteiger partial charge in [-0.05, 0) is 18.6 Å². The molecule has 0 radical (unpaired) electrons. The molecule has 1 aromatic heterocycles. The SMILES string of the molecule is CCn1c(NC(=O)CCCl)nnc1SCc1ccccc1Cl. The highest BCUT2D eigenvalue weighted by Gasteiger charge is 2.14. The molecule has 22 heavy (non-hydrogen) atoms. The average Bonchev–Trinajstić information content (AvgIpc) is 2.88. The van der Waals surface area contributed by atoms with Crippen LogP contribution in [0.3, 0.4) is 0 Å². The molecular weight excluding hydrogens is 343 g/mol. The van der Waals surface area contributed by atoms with Gasteiger partial charge >= 0.3 is 0 Å². The summed E-state index contributed by atoms with van der Waals surface area (Å²) in [6, 6.07) is 7.69. The zero-order chi connectivity index (χ0) is 15.9. The van der Waals surface area contributed by atoms with Gasteiger partial charge in [0.25, 0.3) is 0 Å². The van der Waals surface area contributed by atoms with Gasteiger partial charge in [-0.2, -0.15) is 0 Å². The zero-order valence-electron chi connectivity index (χ0n) is 12.1. The molecule has 0 saturated heterocycles. The number of thioether (sulfide) groups is 1. The highest BCUT2D eigenvalue weighted by molar-refractivity contribution is 7.98. The number of nitrogens with zero attached hydrogens (tertiary/aromatic N) is 3. The van der Waals surface area contributed by atoms with Crippen molar-refractivity contribution in [1.29, 1.82) is 0 Å². The maximum atomic E-state index is 11.6. The van der Waals surface area contributed by atoms with Crippen molar-refractivity contribution in [2.75, 3.05) is 11.2 Å². The molecule has 0 saturated carbocycles. The van der Waals surface area contributed by atoms with E-state index in [-0.39, 0.29) is 18.2 Å². The number of alkyl halides is 1. The molecule has 1 heterocycles. The van der Waals surface area contributed by atoms with Crippen molar-refractivity contribution in [3.05, 3.63) is 34.9 Å². The summed E-state index contributed by atoms with van der Waals surface area (Å²) in [7, 11) is 0. The number of aromatic nitrogens is 3. The molecule has 8 heteroatoms. The predicted molar refractivity (Wildman–Crippen MR) is 90.7 cm³/mol. The number of amides is 1. The first-order chi connectivity index (χ1) is 10.7. The highest BCUT2D eigenvalue weighted by Crippen LogP contribution is 2.26. The van der Waals surface area contributed by atoms with Crippen LogP contribution in [0.1, 0.15) is 18.9 Å². The van der Waals surface area contributed by atoms with E-state index in [1.54, 1.807) is 0 Å². The minimum atomic E-state index is -0.167. The van der Waals surface area contributed by atoms with Gasteiger partial charge in [0.05, 0.1) is 0 Å². The maximum absolute atomic E-state index is 11.6. The fraction of sp³-hybridized carbons (Fsp3) is 0.357. The number of rotatable bonds is 7. The van der Waals surface area contributed by atoms with Crippen LogP contribution in [0.4, 0.5) is 5.95 Å². The van der Waals surface area contributed by atoms with Gasteiger partial charge in [-0.1, -0.05) is 41.6 Å². The van der Waals surface area contributed by atoms with E-state index in [1.807, 2.05) is 35.8 Å². The molecule has 0 spiro atoms. The Hall–Kier alpha value is -1.24. The number of halogens is 2. The van der Waals surface area contributed by atoms with Crippen LogP contribution in [0.2, 0.25) is 5.02 Å². The van der Waals surface area contributed by atoms with E-state index in [0.29, 0.717) is 18.2 Å². The lowest BCUT2D eigenvalue weighted by Gasteiger charge is -2.08. The van der Waals surface area contributed by atoms with Crippen LogP contribution in [0.5, 0.6) is 0 Å². The summed E-state index contributed by atoms with van der Waals surface area (Å²) in [5.74, 6) is 1.24. The molecule has 1 aromatic carbocycles. The van der Waals surface area contributed by atoms with E-state index in [4.69, 9.17) is 23.2 Å². The van der Waals surface area contributed by atoms with Crippen molar-refractivity contribution < 1.29 is 4.79 Å². The Bertz CT molecular complexity index is 648. The third kappa shape index (κ3) is 4.38. The van der Waals surface area contributed by atoms with Crippen LogP contribution in [-0.4, -0.2) is 26.6 Å². The summed E-state index contributed by atoms with van der Waals surface area (Å²) >= 11 is 13.2. The van der Waals surface area contributed by atoms with Crippen LogP contribution in [0.15, 0.2) is 29.4 Å². The van der Waals surface area contributed by atoms with Gasteiger partial charge in [0.2, 0.25) is 11.9 Å². The average molecular weight is 359 g/mol. The molecule has 0 aliphatic carbocycles. The van der Waals surface area contributed by atoms with E-state index in [0.717, 1.165) is 15.7 Å². The van der Waals surface area contributed by atoms with Crippen molar-refractivity contribution in [2.24, 2.45) is 0 Å². The molecule has 5 nitrogen and oxygen atoms in total. The van der Waals surface area contributed by atoms with Crippen molar-refractivity contribution in [2.45, 2.75) is 30.8 Å². The molecule has 1 amide bonds. The molecular formula is C14H16Cl2N4OS. The van der Waals surface area contributed by atoms with Gasteiger partial charge in [0.15, 0.2) is 5.16 Å². The third-order valence-corrected chi connectivity index (χ3v) is 4.49. The topological polar surface area (TPSA) is 59.8 Å². The molecule has 118 valence electrons. The monoisotopic (exact) mass is 358 g/mol. The number of benzene rings is 1. The molecule has 1 N–H and O–H groups in total. The Morgan fingerprint density at radius 1 is 1.36 bits per heavy atom. The Morgan fingerprint density at radius 2 is 2.14 bits per heavy atom. The van der Waals surface area contributed by atoms with Crippen molar-refractivity contribution >= 4 is 46.8 Å². The highest BCUT2D eigenvalue weighted by atomic mass is 35.5. The van der Waals surface area contributed by atoms with Crippen LogP contribution < -0.4 is 5.32 Å². The first-order valence-corrected chi connectivity index (χ1v) is 8.70. The second-order valence-electron chi connectivity index (χ2n) is 4.42. The molecule has 0 aliphatic heterocycles. The zero-order valence-corrected chi connectivity index (χ0v) is 14.4. The summed E-state index contributed by atoms with van der Waals surface area (Å²) < 4.78 is 1.85. The van der Waals surface area contributed by atoms with Crippen LogP contribution in [-0.2, 0) is 17.1 Å². The van der Waals surface area contributed by atoms with Gasteiger partial charge in [-0.3, -0.25) is 14.7 Å². The molecule has 0 unspecified atom stereocenters. The minimum absolute atomic E-state index is 0.167. The minimum Gasteiger partial charge on any atom is -0.295 e. The first kappa shape index (κ1) is 17.1. The fourth-order valence-electron chi connectivity index (χ4n) is 1.80. The van der Waals surface area contributed by atoms with Gasteiger partial charge in [-0.25, -0.2) is 0 Å². The number of carbonyl (C=O) groups excluding carboxylic acids is 1. The largest absolute Gasteiger partial charge is 0.295 e. The van der Waals surface area contributed by atoms with Crippen LogP contribution in [0, 0.1) is 0 Å². The summed E-state index contributed by atoms with van der Waals surface area (Å²) in [5, 5.41) is 12.3. The fourth-order valence-corrected chi connectivity index (χ4v) is 3.26. The van der Waals surface area contributed by atoms with E-state index in [1.165, 1.54) is 11.8 Å². The van der Waals surface area contributed by atoms with Crippen molar-refractivity contribution in [1.82, 2.24) is 14.8 Å². The standard InChI is InChI=1S/C14H16Cl2N4OS/c1-2-20-13(17-12(21)7-8-15)18-19-14(20)22-9-10-5-3-4-6-11(10)16/h3-6H,2,7-9H2,1H3,(H,17,18,21). The predicted octanol–water partition coefficient (Wildman–Crippen LogP) is 3.81. The number of carbonyl (C=O) groups is 1. The van der Waals surface area contributed by atoms with Gasteiger partial charge in [-0.15, -0.1) is 21.8 Å².